The van der Waals surface area contributed by atoms with Gasteiger partial charge in [0.2, 0.25) is 0 Å². The molecule has 0 aliphatic carbocycles. The lowest BCUT2D eigenvalue weighted by Crippen LogP contribution is -2.48. The van der Waals surface area contributed by atoms with Crippen molar-refractivity contribution in [3.05, 3.63) is 35.4 Å². The number of benzene rings is 1. The van der Waals surface area contributed by atoms with Gasteiger partial charge in [0.1, 0.15) is 0 Å². The van der Waals surface area contributed by atoms with Crippen molar-refractivity contribution in [3.8, 4) is 0 Å². The van der Waals surface area contributed by atoms with Crippen LogP contribution < -0.4 is 5.32 Å². The number of hydrogen-bond acceptors (Lipinski definition) is 4. The monoisotopic (exact) mass is 251 g/mol. The lowest BCUT2D eigenvalue weighted by Gasteiger charge is -2.18. The van der Waals surface area contributed by atoms with Crippen LogP contribution in [-0.2, 0) is 9.53 Å². The molecule has 2 N–H and O–H groups in total. The van der Waals surface area contributed by atoms with Crippen LogP contribution in [0.1, 0.15) is 22.8 Å². The predicted molar refractivity (Wildman–Crippen MR) is 66.1 cm³/mol. The zero-order valence-corrected chi connectivity index (χ0v) is 10.6. The second-order valence-electron chi connectivity index (χ2n) is 4.08. The van der Waals surface area contributed by atoms with Crippen LogP contribution in [0.2, 0.25) is 0 Å². The van der Waals surface area contributed by atoms with Crippen molar-refractivity contribution in [1.29, 1.82) is 0 Å². The van der Waals surface area contributed by atoms with Crippen LogP contribution in [0.4, 0.5) is 0 Å². The molecule has 0 saturated heterocycles. The maximum Gasteiger partial charge on any atom is 0.331 e. The van der Waals surface area contributed by atoms with E-state index in [0.29, 0.717) is 5.56 Å². The third kappa shape index (κ3) is 3.56. The number of aryl methyl sites for hydroxylation is 1. The normalized spacial score (nSPS) is 13.6. The first-order valence-electron chi connectivity index (χ1n) is 5.59. The number of aliphatic hydroxyl groups excluding tert-OH is 1. The number of ether oxygens (including phenoxy) is 1. The van der Waals surface area contributed by atoms with Crippen LogP contribution in [-0.4, -0.2) is 36.2 Å². The number of carbonyl (C=O) groups excluding carboxylic acids is 2. The number of aliphatic hydroxyl groups is 1. The third-order valence-corrected chi connectivity index (χ3v) is 2.54. The fourth-order valence-electron chi connectivity index (χ4n) is 1.43. The van der Waals surface area contributed by atoms with Gasteiger partial charge in [-0.2, -0.15) is 0 Å². The summed E-state index contributed by atoms with van der Waals surface area (Å²) in [5.41, 5.74) is 1.46. The second-order valence-corrected chi connectivity index (χ2v) is 4.08. The summed E-state index contributed by atoms with van der Waals surface area (Å²) in [6.07, 6.45) is -1.02. The second kappa shape index (κ2) is 6.16. The summed E-state index contributed by atoms with van der Waals surface area (Å²) in [5.74, 6) is -1.10. The van der Waals surface area contributed by atoms with Crippen LogP contribution in [0.25, 0.3) is 0 Å². The minimum absolute atomic E-state index is 0.425. The molecule has 0 saturated carbocycles. The Morgan fingerprint density at radius 3 is 2.28 bits per heavy atom. The minimum Gasteiger partial charge on any atom is -0.467 e. The van der Waals surface area contributed by atoms with Gasteiger partial charge in [0.05, 0.1) is 13.2 Å². The Kier molecular flexibility index (Phi) is 4.85. The smallest absolute Gasteiger partial charge is 0.331 e. The van der Waals surface area contributed by atoms with Gasteiger partial charge >= 0.3 is 5.97 Å². The van der Waals surface area contributed by atoms with Crippen LogP contribution in [0, 0.1) is 6.92 Å². The molecule has 0 unspecified atom stereocenters. The SMILES string of the molecule is COC(=O)[C@@H](NC(=O)c1ccc(C)cc1)[C@@H](C)O. The van der Waals surface area contributed by atoms with E-state index in [1.165, 1.54) is 14.0 Å². The van der Waals surface area contributed by atoms with Gasteiger partial charge in [-0.05, 0) is 26.0 Å². The minimum atomic E-state index is -1.07. The average molecular weight is 251 g/mol. The molecule has 0 fully saturated rings. The molecule has 0 heterocycles. The number of esters is 1. The van der Waals surface area contributed by atoms with E-state index in [0.717, 1.165) is 5.56 Å². The van der Waals surface area contributed by atoms with Gasteiger partial charge in [0, 0.05) is 5.56 Å². The van der Waals surface area contributed by atoms with E-state index in [4.69, 9.17) is 0 Å². The summed E-state index contributed by atoms with van der Waals surface area (Å²) in [7, 11) is 1.20. The molecular formula is C13H17NO4. The summed E-state index contributed by atoms with van der Waals surface area (Å²) < 4.78 is 4.52. The van der Waals surface area contributed by atoms with Crippen molar-refractivity contribution in [2.45, 2.75) is 26.0 Å². The van der Waals surface area contributed by atoms with E-state index in [1.807, 2.05) is 6.92 Å². The molecule has 0 bridgehead atoms. The number of carbonyl (C=O) groups is 2. The van der Waals surface area contributed by atoms with E-state index in [-0.39, 0.29) is 0 Å². The maximum absolute atomic E-state index is 11.9. The van der Waals surface area contributed by atoms with Crippen molar-refractivity contribution in [1.82, 2.24) is 5.32 Å². The van der Waals surface area contributed by atoms with E-state index in [9.17, 15) is 14.7 Å². The summed E-state index contributed by atoms with van der Waals surface area (Å²) in [6, 6.07) is 5.83. The number of hydrogen-bond donors (Lipinski definition) is 2. The van der Waals surface area contributed by atoms with Gasteiger partial charge in [0.25, 0.3) is 5.91 Å². The van der Waals surface area contributed by atoms with Gasteiger partial charge < -0.3 is 15.2 Å². The summed E-state index contributed by atoms with van der Waals surface area (Å²) in [5, 5.41) is 11.9. The Morgan fingerprint density at radius 1 is 1.28 bits per heavy atom. The molecule has 5 nitrogen and oxygen atoms in total. The fourth-order valence-corrected chi connectivity index (χ4v) is 1.43. The van der Waals surface area contributed by atoms with Crippen LogP contribution >= 0.6 is 0 Å². The zero-order chi connectivity index (χ0) is 13.7. The highest BCUT2D eigenvalue weighted by Crippen LogP contribution is 2.04. The third-order valence-electron chi connectivity index (χ3n) is 2.54. The standard InChI is InChI=1S/C13H17NO4/c1-8-4-6-10(7-5-8)12(16)14-11(9(2)15)13(17)18-3/h4-7,9,11,15H,1-3H3,(H,14,16)/t9-,11+/m1/s1. The van der Waals surface area contributed by atoms with Gasteiger partial charge in [-0.3, -0.25) is 4.79 Å². The Labute approximate surface area is 106 Å². The number of amides is 1. The summed E-state index contributed by atoms with van der Waals surface area (Å²) in [4.78, 5) is 23.2. The Morgan fingerprint density at radius 2 is 1.83 bits per heavy atom. The molecule has 18 heavy (non-hydrogen) atoms. The average Bonchev–Trinajstić information content (AvgIpc) is 2.35. The Balaban J connectivity index is 2.78. The lowest BCUT2D eigenvalue weighted by atomic mass is 10.1. The van der Waals surface area contributed by atoms with Crippen molar-refractivity contribution >= 4 is 11.9 Å². The molecule has 2 atom stereocenters. The molecule has 0 aromatic heterocycles. The molecular weight excluding hydrogens is 234 g/mol. The highest BCUT2D eigenvalue weighted by atomic mass is 16.5. The zero-order valence-electron chi connectivity index (χ0n) is 10.6. The highest BCUT2D eigenvalue weighted by molar-refractivity contribution is 5.96. The molecule has 98 valence electrons. The first-order valence-corrected chi connectivity index (χ1v) is 5.59. The lowest BCUT2D eigenvalue weighted by molar-refractivity contribution is -0.145. The van der Waals surface area contributed by atoms with Gasteiger partial charge in [0.15, 0.2) is 6.04 Å². The number of rotatable bonds is 4. The van der Waals surface area contributed by atoms with Gasteiger partial charge in [-0.25, -0.2) is 4.79 Å². The van der Waals surface area contributed by atoms with E-state index < -0.39 is 24.0 Å². The van der Waals surface area contributed by atoms with Gasteiger partial charge in [-0.1, -0.05) is 17.7 Å². The quantitative estimate of drug-likeness (QED) is 0.770. The number of nitrogens with one attached hydrogen (secondary N) is 1. The number of methoxy groups -OCH3 is 1. The van der Waals surface area contributed by atoms with Crippen molar-refractivity contribution in [2.24, 2.45) is 0 Å². The summed E-state index contributed by atoms with van der Waals surface area (Å²) >= 11 is 0. The van der Waals surface area contributed by atoms with Crippen LogP contribution in [0.3, 0.4) is 0 Å². The first-order chi connectivity index (χ1) is 8.45. The van der Waals surface area contributed by atoms with Crippen LogP contribution in [0.15, 0.2) is 24.3 Å². The van der Waals surface area contributed by atoms with E-state index in [2.05, 4.69) is 10.1 Å². The van der Waals surface area contributed by atoms with E-state index >= 15 is 0 Å². The molecule has 1 aromatic rings. The molecule has 5 heteroatoms. The van der Waals surface area contributed by atoms with Crippen molar-refractivity contribution in [3.63, 3.8) is 0 Å². The van der Waals surface area contributed by atoms with Gasteiger partial charge in [-0.15, -0.1) is 0 Å². The largest absolute Gasteiger partial charge is 0.467 e. The molecule has 1 rings (SSSR count). The first kappa shape index (κ1) is 14.2. The van der Waals surface area contributed by atoms with Crippen LogP contribution in [0.5, 0.6) is 0 Å². The predicted octanol–water partition coefficient (Wildman–Crippen LogP) is 0.647. The van der Waals surface area contributed by atoms with Crippen molar-refractivity contribution in [2.75, 3.05) is 7.11 Å². The molecule has 1 aromatic carbocycles. The Bertz CT molecular complexity index is 425. The maximum atomic E-state index is 11.9. The highest BCUT2D eigenvalue weighted by Gasteiger charge is 2.26. The Hall–Kier alpha value is -1.88. The van der Waals surface area contributed by atoms with E-state index in [1.54, 1.807) is 24.3 Å². The molecule has 1 amide bonds. The topological polar surface area (TPSA) is 75.6 Å². The molecule has 0 aliphatic heterocycles. The fraction of sp³-hybridized carbons (Fsp3) is 0.385. The molecule has 0 radical (unpaired) electrons. The summed E-state index contributed by atoms with van der Waals surface area (Å²) in [6.45, 7) is 3.33. The molecule has 0 spiro atoms. The molecule has 0 aliphatic rings. The van der Waals surface area contributed by atoms with Crippen molar-refractivity contribution < 1.29 is 19.4 Å².